The summed E-state index contributed by atoms with van der Waals surface area (Å²) in [5, 5.41) is 29.1. The molecule has 0 amide bonds. The SMILES string of the molecule is N#Cc1ccc2c(c1)-c1c(C#N)cc3c4c(cc(C#N)c(c14)S2=O)C(=O)OC3=O. The predicted octanol–water partition coefficient (Wildman–Crippen LogP) is 2.91. The first-order valence-corrected chi connectivity index (χ1v) is 9.35. The highest BCUT2D eigenvalue weighted by molar-refractivity contribution is 7.85. The molecule has 2 aliphatic rings. The number of carbonyl (C=O) groups is 2. The Morgan fingerprint density at radius 2 is 1.45 bits per heavy atom. The van der Waals surface area contributed by atoms with Crippen LogP contribution in [-0.2, 0) is 15.5 Å². The van der Waals surface area contributed by atoms with Gasteiger partial charge in [-0.15, -0.1) is 0 Å². The summed E-state index contributed by atoms with van der Waals surface area (Å²) < 4.78 is 18.1. The fraction of sp³-hybridized carbons (Fsp3) is 0. The minimum atomic E-state index is -1.82. The van der Waals surface area contributed by atoms with E-state index in [4.69, 9.17) is 4.74 Å². The Morgan fingerprint density at radius 1 is 0.793 bits per heavy atom. The lowest BCUT2D eigenvalue weighted by molar-refractivity contribution is 0.0391. The number of fused-ring (bicyclic) bond motifs is 2. The number of rotatable bonds is 0. The molecule has 8 heteroatoms. The fourth-order valence-electron chi connectivity index (χ4n) is 3.83. The highest BCUT2D eigenvalue weighted by atomic mass is 32.2. The molecule has 1 atom stereocenters. The molecule has 0 saturated heterocycles. The van der Waals surface area contributed by atoms with E-state index in [2.05, 4.69) is 0 Å². The van der Waals surface area contributed by atoms with E-state index in [0.29, 0.717) is 21.6 Å². The van der Waals surface area contributed by atoms with E-state index in [1.165, 1.54) is 30.3 Å². The molecule has 0 fully saturated rings. The molecule has 1 unspecified atom stereocenters. The molecule has 29 heavy (non-hydrogen) atoms. The van der Waals surface area contributed by atoms with Gasteiger partial charge in [0.15, 0.2) is 0 Å². The van der Waals surface area contributed by atoms with Crippen molar-refractivity contribution < 1.29 is 18.5 Å². The number of nitrogens with zero attached hydrogens (tertiary/aromatic N) is 3. The van der Waals surface area contributed by atoms with E-state index in [-0.39, 0.29) is 37.9 Å². The van der Waals surface area contributed by atoms with Crippen molar-refractivity contribution in [2.24, 2.45) is 0 Å². The average Bonchev–Trinajstić information content (AvgIpc) is 2.74. The van der Waals surface area contributed by atoms with Gasteiger partial charge in [0.25, 0.3) is 0 Å². The molecule has 0 radical (unpaired) electrons. The second-order valence-corrected chi connectivity index (χ2v) is 7.78. The summed E-state index contributed by atoms with van der Waals surface area (Å²) in [6, 6.07) is 13.1. The first-order valence-electron chi connectivity index (χ1n) is 8.20. The third-order valence-electron chi connectivity index (χ3n) is 4.99. The molecule has 0 aliphatic carbocycles. The Bertz CT molecular complexity index is 1500. The van der Waals surface area contributed by atoms with Crippen LogP contribution in [-0.4, -0.2) is 16.1 Å². The molecule has 5 rings (SSSR count). The Labute approximate surface area is 165 Å². The first kappa shape index (κ1) is 16.8. The topological polar surface area (TPSA) is 132 Å². The van der Waals surface area contributed by atoms with Gasteiger partial charge in [-0.05, 0) is 30.3 Å². The van der Waals surface area contributed by atoms with Crippen molar-refractivity contribution in [2.75, 3.05) is 0 Å². The van der Waals surface area contributed by atoms with E-state index >= 15 is 0 Å². The second-order valence-electron chi connectivity index (χ2n) is 6.39. The summed E-state index contributed by atoms with van der Waals surface area (Å²) in [5.41, 5.74) is 1.11. The van der Waals surface area contributed by atoms with E-state index < -0.39 is 22.7 Å². The third-order valence-corrected chi connectivity index (χ3v) is 6.54. The number of cyclic esters (lactones) is 2. The Balaban J connectivity index is 2.13. The highest BCUT2D eigenvalue weighted by Crippen LogP contribution is 2.48. The van der Waals surface area contributed by atoms with Crippen LogP contribution >= 0.6 is 0 Å². The van der Waals surface area contributed by atoms with Crippen molar-refractivity contribution in [3.05, 3.63) is 58.1 Å². The summed E-state index contributed by atoms with van der Waals surface area (Å²) >= 11 is 0. The summed E-state index contributed by atoms with van der Waals surface area (Å²) in [7, 11) is -1.82. The van der Waals surface area contributed by atoms with Gasteiger partial charge in [0.2, 0.25) is 0 Å². The van der Waals surface area contributed by atoms with Crippen molar-refractivity contribution in [3.63, 3.8) is 0 Å². The van der Waals surface area contributed by atoms with Crippen LogP contribution < -0.4 is 0 Å². The van der Waals surface area contributed by atoms with Crippen LogP contribution in [0.15, 0.2) is 40.1 Å². The highest BCUT2D eigenvalue weighted by Gasteiger charge is 2.37. The Kier molecular flexibility index (Phi) is 3.24. The molecule has 0 N–H and O–H groups in total. The monoisotopic (exact) mass is 395 g/mol. The number of esters is 2. The maximum absolute atomic E-state index is 13.4. The fourth-order valence-corrected chi connectivity index (χ4v) is 5.30. The van der Waals surface area contributed by atoms with Crippen LogP contribution in [0.1, 0.15) is 37.4 Å². The predicted molar refractivity (Wildman–Crippen MR) is 97.9 cm³/mol. The largest absolute Gasteiger partial charge is 0.386 e. The van der Waals surface area contributed by atoms with Gasteiger partial charge in [0.1, 0.15) is 6.07 Å². The number of ether oxygens (including phenoxy) is 1. The van der Waals surface area contributed by atoms with Gasteiger partial charge in [-0.1, -0.05) is 0 Å². The number of nitriles is 3. The van der Waals surface area contributed by atoms with Crippen molar-refractivity contribution in [2.45, 2.75) is 9.79 Å². The van der Waals surface area contributed by atoms with Crippen LogP contribution in [0.2, 0.25) is 0 Å². The van der Waals surface area contributed by atoms with Crippen LogP contribution in [0.25, 0.3) is 21.9 Å². The zero-order valence-electron chi connectivity index (χ0n) is 14.3. The smallest absolute Gasteiger partial charge is 0.346 e. The van der Waals surface area contributed by atoms with Crippen LogP contribution in [0.4, 0.5) is 0 Å². The molecule has 2 aliphatic heterocycles. The standard InChI is InChI=1S/C21H5N3O4S/c22-6-9-1-2-15-12(3-9)16-10(7-23)4-13-17-14(21(26)28-20(13)25)5-11(8-24)19(18(16)17)29(15)27/h1-5H. The van der Waals surface area contributed by atoms with E-state index in [1.807, 2.05) is 18.2 Å². The van der Waals surface area contributed by atoms with Gasteiger partial charge >= 0.3 is 11.9 Å². The molecule has 2 heterocycles. The summed E-state index contributed by atoms with van der Waals surface area (Å²) in [4.78, 5) is 25.1. The number of carbonyl (C=O) groups excluding carboxylic acids is 2. The molecule has 3 aromatic rings. The van der Waals surface area contributed by atoms with Gasteiger partial charge in [-0.25, -0.2) is 13.8 Å². The van der Waals surface area contributed by atoms with Crippen molar-refractivity contribution >= 4 is 33.5 Å². The minimum Gasteiger partial charge on any atom is -0.386 e. The average molecular weight is 395 g/mol. The van der Waals surface area contributed by atoms with E-state index in [9.17, 15) is 29.6 Å². The van der Waals surface area contributed by atoms with Crippen LogP contribution in [0.3, 0.4) is 0 Å². The van der Waals surface area contributed by atoms with E-state index in [0.717, 1.165) is 0 Å². The quantitative estimate of drug-likeness (QED) is 0.330. The maximum atomic E-state index is 13.4. The molecule has 0 spiro atoms. The molecule has 3 aromatic carbocycles. The Morgan fingerprint density at radius 3 is 2.07 bits per heavy atom. The molecule has 134 valence electrons. The van der Waals surface area contributed by atoms with Gasteiger partial charge in [-0.3, -0.25) is 0 Å². The molecular formula is C21H5N3O4S. The van der Waals surface area contributed by atoms with Crippen molar-refractivity contribution in [1.82, 2.24) is 0 Å². The van der Waals surface area contributed by atoms with Gasteiger partial charge < -0.3 is 4.74 Å². The molecular weight excluding hydrogens is 390 g/mol. The lowest BCUT2D eigenvalue weighted by atomic mass is 9.86. The zero-order valence-corrected chi connectivity index (χ0v) is 15.1. The zero-order chi connectivity index (χ0) is 20.4. The maximum Gasteiger partial charge on any atom is 0.346 e. The normalized spacial score (nSPS) is 15.7. The minimum absolute atomic E-state index is 0.00229. The molecule has 0 aromatic heterocycles. The van der Waals surface area contributed by atoms with E-state index in [1.54, 1.807) is 0 Å². The number of hydrogen-bond acceptors (Lipinski definition) is 7. The summed E-state index contributed by atoms with van der Waals surface area (Å²) in [6.45, 7) is 0. The van der Waals surface area contributed by atoms with Crippen LogP contribution in [0, 0.1) is 34.0 Å². The first-order chi connectivity index (χ1) is 14.0. The summed E-state index contributed by atoms with van der Waals surface area (Å²) in [5.74, 6) is -1.83. The Hall–Kier alpha value is -4.32. The lowest BCUT2D eigenvalue weighted by Gasteiger charge is -2.26. The van der Waals surface area contributed by atoms with Crippen LogP contribution in [0.5, 0.6) is 0 Å². The number of hydrogen-bond donors (Lipinski definition) is 0. The molecule has 0 bridgehead atoms. The van der Waals surface area contributed by atoms with Gasteiger partial charge in [0, 0.05) is 21.9 Å². The lowest BCUT2D eigenvalue weighted by Crippen LogP contribution is -2.22. The van der Waals surface area contributed by atoms with Gasteiger partial charge in [0.05, 0.1) is 60.5 Å². The van der Waals surface area contributed by atoms with Crippen molar-refractivity contribution in [3.8, 4) is 29.3 Å². The molecule has 0 saturated carbocycles. The second kappa shape index (κ2) is 5.59. The van der Waals surface area contributed by atoms with Crippen molar-refractivity contribution in [1.29, 1.82) is 15.8 Å². The number of benzene rings is 3. The molecule has 7 nitrogen and oxygen atoms in total. The third kappa shape index (κ3) is 2.00. The summed E-state index contributed by atoms with van der Waals surface area (Å²) in [6.07, 6.45) is 0. The van der Waals surface area contributed by atoms with Gasteiger partial charge in [-0.2, -0.15) is 15.8 Å².